The third-order valence-corrected chi connectivity index (χ3v) is 4.91. The van der Waals surface area contributed by atoms with Crippen molar-refractivity contribution in [3.63, 3.8) is 0 Å². The lowest BCUT2D eigenvalue weighted by Gasteiger charge is -2.15. The summed E-state index contributed by atoms with van der Waals surface area (Å²) in [6.07, 6.45) is 0. The average molecular weight is 508 g/mol. The molecule has 0 bridgehead atoms. The molecule has 2 amide bonds. The molecule has 166 valence electrons. The molecular formula is C22H26BrN3O4S. The quantitative estimate of drug-likeness (QED) is 0.391. The van der Waals surface area contributed by atoms with Crippen molar-refractivity contribution in [1.29, 1.82) is 0 Å². The van der Waals surface area contributed by atoms with Crippen LogP contribution in [0.2, 0.25) is 0 Å². The maximum absolute atomic E-state index is 12.0. The van der Waals surface area contributed by atoms with E-state index < -0.39 is 11.8 Å². The number of hydrogen-bond donors (Lipinski definition) is 3. The van der Waals surface area contributed by atoms with Crippen molar-refractivity contribution < 1.29 is 19.1 Å². The topological polar surface area (TPSA) is 88.7 Å². The van der Waals surface area contributed by atoms with E-state index in [9.17, 15) is 9.59 Å². The van der Waals surface area contributed by atoms with Crippen molar-refractivity contribution in [3.8, 4) is 11.5 Å². The molecule has 0 radical (unpaired) electrons. The lowest BCUT2D eigenvalue weighted by Crippen LogP contribution is -2.50. The second-order valence-electron chi connectivity index (χ2n) is 7.23. The highest BCUT2D eigenvalue weighted by Gasteiger charge is 2.11. The Morgan fingerprint density at radius 1 is 0.968 bits per heavy atom. The van der Waals surface area contributed by atoms with E-state index in [-0.39, 0.29) is 24.2 Å². The third-order valence-electron chi connectivity index (χ3n) is 4.21. The predicted octanol–water partition coefficient (Wildman–Crippen LogP) is 3.67. The molecule has 0 aliphatic rings. The zero-order valence-corrected chi connectivity index (χ0v) is 20.3. The van der Waals surface area contributed by atoms with Gasteiger partial charge in [0.15, 0.2) is 18.3 Å². The number of halogens is 1. The van der Waals surface area contributed by atoms with E-state index >= 15 is 0 Å². The number of carbonyl (C=O) groups is 2. The first-order chi connectivity index (χ1) is 14.7. The van der Waals surface area contributed by atoms with Crippen molar-refractivity contribution in [2.24, 2.45) is 0 Å². The van der Waals surface area contributed by atoms with Gasteiger partial charge in [0.05, 0.1) is 0 Å². The van der Waals surface area contributed by atoms with E-state index in [1.165, 1.54) is 0 Å². The van der Waals surface area contributed by atoms with Crippen LogP contribution in [0.1, 0.15) is 36.5 Å². The van der Waals surface area contributed by atoms with Crippen molar-refractivity contribution in [1.82, 2.24) is 16.2 Å². The average Bonchev–Trinajstić information content (AvgIpc) is 2.69. The van der Waals surface area contributed by atoms with Crippen LogP contribution in [0.15, 0.2) is 40.9 Å². The molecule has 0 spiro atoms. The highest BCUT2D eigenvalue weighted by molar-refractivity contribution is 9.10. The van der Waals surface area contributed by atoms with Gasteiger partial charge in [0, 0.05) is 4.47 Å². The van der Waals surface area contributed by atoms with Crippen LogP contribution >= 0.6 is 28.1 Å². The minimum Gasteiger partial charge on any atom is -0.483 e. The summed E-state index contributed by atoms with van der Waals surface area (Å²) < 4.78 is 12.1. The van der Waals surface area contributed by atoms with Crippen LogP contribution in [-0.4, -0.2) is 30.1 Å². The summed E-state index contributed by atoms with van der Waals surface area (Å²) in [4.78, 5) is 24.0. The zero-order valence-electron chi connectivity index (χ0n) is 17.9. The largest absolute Gasteiger partial charge is 0.483 e. The fourth-order valence-electron chi connectivity index (χ4n) is 2.66. The molecule has 0 saturated heterocycles. The van der Waals surface area contributed by atoms with Crippen molar-refractivity contribution >= 4 is 45.1 Å². The Morgan fingerprint density at radius 2 is 1.65 bits per heavy atom. The zero-order chi connectivity index (χ0) is 23.0. The van der Waals surface area contributed by atoms with Gasteiger partial charge in [-0.05, 0) is 72.9 Å². The van der Waals surface area contributed by atoms with Crippen LogP contribution in [0.4, 0.5) is 0 Å². The minimum atomic E-state index is -0.452. The van der Waals surface area contributed by atoms with Crippen LogP contribution in [0.25, 0.3) is 0 Å². The van der Waals surface area contributed by atoms with Gasteiger partial charge < -0.3 is 9.47 Å². The van der Waals surface area contributed by atoms with Crippen molar-refractivity contribution in [3.05, 3.63) is 57.6 Å². The Morgan fingerprint density at radius 3 is 2.32 bits per heavy atom. The van der Waals surface area contributed by atoms with Crippen molar-refractivity contribution in [2.45, 2.75) is 33.6 Å². The number of nitrogens with one attached hydrogen (secondary N) is 3. The summed E-state index contributed by atoms with van der Waals surface area (Å²) in [5.74, 6) is 0.644. The molecule has 0 atom stereocenters. The van der Waals surface area contributed by atoms with E-state index in [0.717, 1.165) is 21.2 Å². The number of thiocarbonyl (C=S) groups is 1. The second-order valence-corrected chi connectivity index (χ2v) is 8.56. The summed E-state index contributed by atoms with van der Waals surface area (Å²) >= 11 is 8.38. The Bertz CT molecular complexity index is 966. The van der Waals surface area contributed by atoms with Gasteiger partial charge in [-0.1, -0.05) is 41.9 Å². The van der Waals surface area contributed by atoms with Gasteiger partial charge in [0.2, 0.25) is 0 Å². The molecule has 0 fully saturated rings. The lowest BCUT2D eigenvalue weighted by atomic mass is 10.0. The first kappa shape index (κ1) is 24.6. The van der Waals surface area contributed by atoms with Crippen LogP contribution in [-0.2, 0) is 9.59 Å². The summed E-state index contributed by atoms with van der Waals surface area (Å²) in [5, 5.41) is 2.39. The van der Waals surface area contributed by atoms with Crippen LogP contribution in [0.3, 0.4) is 0 Å². The first-order valence-electron chi connectivity index (χ1n) is 9.66. The fraction of sp³-hybridized carbons (Fsp3) is 0.318. The van der Waals surface area contributed by atoms with Gasteiger partial charge in [0.1, 0.15) is 11.5 Å². The SMILES string of the molecule is Cc1ccc(C(C)C)c(OCC(=O)NNC(=S)NC(=O)COc2ccc(Br)cc2C)c1. The molecule has 31 heavy (non-hydrogen) atoms. The maximum atomic E-state index is 12.0. The smallest absolute Gasteiger partial charge is 0.276 e. The molecule has 0 aliphatic carbocycles. The Balaban J connectivity index is 1.74. The van der Waals surface area contributed by atoms with Crippen LogP contribution < -0.4 is 25.6 Å². The first-order valence-corrected chi connectivity index (χ1v) is 10.9. The molecule has 0 saturated carbocycles. The molecule has 0 aliphatic heterocycles. The van der Waals surface area contributed by atoms with Gasteiger partial charge in [0.25, 0.3) is 11.8 Å². The van der Waals surface area contributed by atoms with Crippen molar-refractivity contribution in [2.75, 3.05) is 13.2 Å². The standard InChI is InChI=1S/C22H26BrN3O4S/c1-13(2)17-7-5-14(3)9-19(17)30-12-21(28)25-26-22(31)24-20(27)11-29-18-8-6-16(23)10-15(18)4/h5-10,13H,11-12H2,1-4H3,(H,25,28)(H2,24,26,27,31). The number of rotatable bonds is 7. The third kappa shape index (κ3) is 8.18. The Labute approximate surface area is 196 Å². The van der Waals surface area contributed by atoms with Crippen LogP contribution in [0, 0.1) is 13.8 Å². The molecule has 2 aromatic carbocycles. The summed E-state index contributed by atoms with van der Waals surface area (Å²) in [5.41, 5.74) is 7.83. The molecule has 3 N–H and O–H groups in total. The second kappa shape index (κ2) is 11.7. The number of ether oxygens (including phenoxy) is 2. The van der Waals surface area contributed by atoms with E-state index in [4.69, 9.17) is 21.7 Å². The minimum absolute atomic E-state index is 0.0482. The maximum Gasteiger partial charge on any atom is 0.276 e. The predicted molar refractivity (Wildman–Crippen MR) is 127 cm³/mol. The lowest BCUT2D eigenvalue weighted by molar-refractivity contribution is -0.124. The number of amides is 2. The van der Waals surface area contributed by atoms with E-state index in [1.807, 2.05) is 44.2 Å². The van der Waals surface area contributed by atoms with Gasteiger partial charge in [-0.3, -0.25) is 25.8 Å². The molecular weight excluding hydrogens is 482 g/mol. The van der Waals surface area contributed by atoms with E-state index in [2.05, 4.69) is 45.9 Å². The molecule has 7 nitrogen and oxygen atoms in total. The number of hydrazine groups is 1. The molecule has 0 aromatic heterocycles. The fourth-order valence-corrected chi connectivity index (χ4v) is 3.30. The highest BCUT2D eigenvalue weighted by Crippen LogP contribution is 2.27. The number of aryl methyl sites for hydroxylation is 2. The van der Waals surface area contributed by atoms with Gasteiger partial charge in [-0.2, -0.15) is 0 Å². The van der Waals surface area contributed by atoms with E-state index in [0.29, 0.717) is 11.5 Å². The molecule has 9 heteroatoms. The molecule has 2 aromatic rings. The Hall–Kier alpha value is -2.65. The highest BCUT2D eigenvalue weighted by atomic mass is 79.9. The Kier molecular flexibility index (Phi) is 9.26. The number of benzene rings is 2. The van der Waals surface area contributed by atoms with Gasteiger partial charge in [-0.25, -0.2) is 0 Å². The number of carbonyl (C=O) groups excluding carboxylic acids is 2. The summed E-state index contributed by atoms with van der Waals surface area (Å²) in [7, 11) is 0. The normalized spacial score (nSPS) is 10.4. The molecule has 0 unspecified atom stereocenters. The monoisotopic (exact) mass is 507 g/mol. The summed E-state index contributed by atoms with van der Waals surface area (Å²) in [6.45, 7) is 7.54. The number of hydrogen-bond acceptors (Lipinski definition) is 5. The molecule has 0 heterocycles. The summed E-state index contributed by atoms with van der Waals surface area (Å²) in [6, 6.07) is 11.4. The van der Waals surface area contributed by atoms with Gasteiger partial charge >= 0.3 is 0 Å². The molecule has 2 rings (SSSR count). The van der Waals surface area contributed by atoms with Gasteiger partial charge in [-0.15, -0.1) is 0 Å². The van der Waals surface area contributed by atoms with Crippen LogP contribution in [0.5, 0.6) is 11.5 Å². The van der Waals surface area contributed by atoms with E-state index in [1.54, 1.807) is 6.07 Å².